The van der Waals surface area contributed by atoms with Gasteiger partial charge in [-0.3, -0.25) is 9.36 Å². The molecule has 34 heavy (non-hydrogen) atoms. The van der Waals surface area contributed by atoms with Crippen molar-refractivity contribution in [1.29, 1.82) is 0 Å². The number of nitrogens with zero attached hydrogens (tertiary/aromatic N) is 3. The highest BCUT2D eigenvalue weighted by Gasteiger charge is 2.15. The van der Waals surface area contributed by atoms with Crippen LogP contribution >= 0.6 is 23.7 Å². The lowest BCUT2D eigenvalue weighted by molar-refractivity contribution is 0.187. The first-order valence-electron chi connectivity index (χ1n) is 10.4. The second kappa shape index (κ2) is 11.0. The van der Waals surface area contributed by atoms with Crippen molar-refractivity contribution in [2.45, 2.75) is 17.5 Å². The van der Waals surface area contributed by atoms with Gasteiger partial charge < -0.3 is 9.46 Å². The van der Waals surface area contributed by atoms with Crippen LogP contribution in [0.1, 0.15) is 5.56 Å². The van der Waals surface area contributed by atoms with E-state index in [1.54, 1.807) is 49.7 Å². The molecule has 10 heteroatoms. The van der Waals surface area contributed by atoms with E-state index >= 15 is 0 Å². The molecule has 0 bridgehead atoms. The molecular formula is C24H22F2N4O2S2. The summed E-state index contributed by atoms with van der Waals surface area (Å²) in [5.41, 5.74) is 1.77. The number of anilines is 1. The summed E-state index contributed by atoms with van der Waals surface area (Å²) in [7, 11) is 1.56. The predicted octanol–water partition coefficient (Wildman–Crippen LogP) is 5.37. The number of ether oxygens (including phenoxy) is 1. The lowest BCUT2D eigenvalue weighted by atomic mass is 10.1. The Morgan fingerprint density at radius 2 is 1.94 bits per heavy atom. The Morgan fingerprint density at radius 3 is 2.68 bits per heavy atom. The molecule has 0 atom stereocenters. The zero-order valence-electron chi connectivity index (χ0n) is 18.5. The highest BCUT2D eigenvalue weighted by Crippen LogP contribution is 2.27. The molecule has 176 valence electrons. The van der Waals surface area contributed by atoms with E-state index in [4.69, 9.17) is 4.74 Å². The second-order valence-corrected chi connectivity index (χ2v) is 8.87. The maximum atomic E-state index is 14.9. The van der Waals surface area contributed by atoms with Gasteiger partial charge in [-0.05, 0) is 53.6 Å². The van der Waals surface area contributed by atoms with Crippen molar-refractivity contribution in [2.75, 3.05) is 24.7 Å². The van der Waals surface area contributed by atoms with Crippen LogP contribution in [0.25, 0.3) is 22.2 Å². The van der Waals surface area contributed by atoms with Crippen molar-refractivity contribution in [3.8, 4) is 11.1 Å². The molecule has 0 saturated carbocycles. The second-order valence-electron chi connectivity index (χ2n) is 7.32. The number of nitrogens with one attached hydrogen (secondary N) is 1. The lowest BCUT2D eigenvalue weighted by Crippen LogP contribution is -2.25. The van der Waals surface area contributed by atoms with Crippen LogP contribution in [0.5, 0.6) is 0 Å². The summed E-state index contributed by atoms with van der Waals surface area (Å²) in [5.74, 6) is -0.487. The third kappa shape index (κ3) is 5.24. The van der Waals surface area contributed by atoms with E-state index in [2.05, 4.69) is 14.7 Å². The van der Waals surface area contributed by atoms with E-state index in [-0.39, 0.29) is 17.1 Å². The molecule has 2 aromatic carbocycles. The average molecular weight is 501 g/mol. The third-order valence-electron chi connectivity index (χ3n) is 5.15. The third-order valence-corrected chi connectivity index (χ3v) is 6.54. The minimum atomic E-state index is -0.518. The molecule has 0 saturated heterocycles. The Kier molecular flexibility index (Phi) is 7.81. The first-order chi connectivity index (χ1) is 16.5. The predicted molar refractivity (Wildman–Crippen MR) is 134 cm³/mol. The van der Waals surface area contributed by atoms with Crippen LogP contribution < -0.4 is 10.3 Å². The lowest BCUT2D eigenvalue weighted by Gasteiger charge is -2.13. The van der Waals surface area contributed by atoms with Gasteiger partial charge in [0.2, 0.25) is 0 Å². The van der Waals surface area contributed by atoms with Gasteiger partial charge in [0.25, 0.3) is 5.56 Å². The number of fused-ring (bicyclic) bond motifs is 1. The highest BCUT2D eigenvalue weighted by atomic mass is 32.2. The first-order valence-corrected chi connectivity index (χ1v) is 12.6. The van der Waals surface area contributed by atoms with Gasteiger partial charge in [-0.15, -0.1) is 0 Å². The molecule has 0 aliphatic heterocycles. The monoisotopic (exact) mass is 500 g/mol. The van der Waals surface area contributed by atoms with Gasteiger partial charge >= 0.3 is 0 Å². The van der Waals surface area contributed by atoms with Crippen LogP contribution in [0.3, 0.4) is 0 Å². The van der Waals surface area contributed by atoms with Crippen LogP contribution in [-0.2, 0) is 17.0 Å². The average Bonchev–Trinajstić information content (AvgIpc) is 2.85. The van der Waals surface area contributed by atoms with E-state index in [0.29, 0.717) is 51.8 Å². The summed E-state index contributed by atoms with van der Waals surface area (Å²) in [4.78, 5) is 22.1. The van der Waals surface area contributed by atoms with Gasteiger partial charge in [0.1, 0.15) is 17.3 Å². The van der Waals surface area contributed by atoms with Crippen molar-refractivity contribution in [3.63, 3.8) is 0 Å². The summed E-state index contributed by atoms with van der Waals surface area (Å²) >= 11 is 2.56. The Bertz CT molecular complexity index is 1380. The fraction of sp³-hybridized carbons (Fsp3) is 0.208. The number of thioether (sulfide) groups is 1. The van der Waals surface area contributed by atoms with Crippen molar-refractivity contribution in [2.24, 2.45) is 0 Å². The maximum absolute atomic E-state index is 14.9. The summed E-state index contributed by atoms with van der Waals surface area (Å²) in [6, 6.07) is 12.7. The molecule has 0 aliphatic rings. The molecule has 1 N–H and O–H groups in total. The highest BCUT2D eigenvalue weighted by molar-refractivity contribution is 7.99. The van der Waals surface area contributed by atoms with Crippen molar-refractivity contribution in [1.82, 2.24) is 14.5 Å². The van der Waals surface area contributed by atoms with Gasteiger partial charge in [0.05, 0.1) is 18.8 Å². The maximum Gasteiger partial charge on any atom is 0.260 e. The van der Waals surface area contributed by atoms with Crippen LogP contribution in [-0.4, -0.2) is 34.5 Å². The smallest absolute Gasteiger partial charge is 0.260 e. The molecule has 0 spiro atoms. The molecular weight excluding hydrogens is 478 g/mol. The van der Waals surface area contributed by atoms with E-state index in [9.17, 15) is 13.6 Å². The van der Waals surface area contributed by atoms with E-state index < -0.39 is 5.82 Å². The fourth-order valence-electron chi connectivity index (χ4n) is 3.41. The minimum absolute atomic E-state index is 0.249. The van der Waals surface area contributed by atoms with Gasteiger partial charge in [-0.2, -0.15) is 0 Å². The van der Waals surface area contributed by atoms with E-state index in [0.717, 1.165) is 0 Å². The SMILES string of the molecule is COCCn1c(=O)c(-c2ccc(NSCc3ccccc3F)c(F)c2)cc2cnc(SC)nc21. The summed E-state index contributed by atoms with van der Waals surface area (Å²) < 4.78 is 38.3. The number of halogens is 2. The van der Waals surface area contributed by atoms with E-state index in [1.165, 1.54) is 40.4 Å². The Hall–Kier alpha value is -2.95. The molecule has 0 amide bonds. The minimum Gasteiger partial charge on any atom is -0.383 e. The van der Waals surface area contributed by atoms with Crippen LogP contribution in [0.15, 0.2) is 64.7 Å². The summed E-state index contributed by atoms with van der Waals surface area (Å²) in [5, 5.41) is 1.23. The van der Waals surface area contributed by atoms with Crippen molar-refractivity contribution < 1.29 is 13.5 Å². The van der Waals surface area contributed by atoms with Crippen molar-refractivity contribution in [3.05, 3.63) is 82.3 Å². The molecule has 2 aromatic heterocycles. The van der Waals surface area contributed by atoms with Crippen LogP contribution in [0, 0.1) is 11.6 Å². The van der Waals surface area contributed by atoms with Gasteiger partial charge in [0, 0.05) is 30.0 Å². The summed E-state index contributed by atoms with van der Waals surface area (Å²) in [6.45, 7) is 0.632. The molecule has 0 radical (unpaired) electrons. The molecule has 6 nitrogen and oxygen atoms in total. The Morgan fingerprint density at radius 1 is 1.12 bits per heavy atom. The first kappa shape index (κ1) is 24.2. The topological polar surface area (TPSA) is 69.0 Å². The number of pyridine rings is 1. The van der Waals surface area contributed by atoms with Gasteiger partial charge in [0.15, 0.2) is 5.16 Å². The number of hydrogen-bond donors (Lipinski definition) is 1. The zero-order valence-corrected chi connectivity index (χ0v) is 20.2. The molecule has 0 aliphatic carbocycles. The largest absolute Gasteiger partial charge is 0.383 e. The van der Waals surface area contributed by atoms with Gasteiger partial charge in [-0.25, -0.2) is 18.7 Å². The molecule has 0 fully saturated rings. The Labute approximate surface area is 203 Å². The van der Waals surface area contributed by atoms with Crippen LogP contribution in [0.2, 0.25) is 0 Å². The zero-order chi connectivity index (χ0) is 24.1. The van der Waals surface area contributed by atoms with Crippen molar-refractivity contribution >= 4 is 40.4 Å². The summed E-state index contributed by atoms with van der Waals surface area (Å²) in [6.07, 6.45) is 3.52. The number of rotatable bonds is 9. The quantitative estimate of drug-likeness (QED) is 0.188. The number of methoxy groups -OCH3 is 1. The molecule has 4 rings (SSSR count). The number of aromatic nitrogens is 3. The normalized spacial score (nSPS) is 11.2. The van der Waals surface area contributed by atoms with Crippen LogP contribution in [0.4, 0.5) is 14.5 Å². The fourth-order valence-corrected chi connectivity index (χ4v) is 4.53. The standard InChI is InChI=1S/C24H22F2N4O2S2/c1-32-10-9-30-22-17(13-27-24(28-22)33-2)11-18(23(30)31)15-7-8-21(20(26)12-15)29-34-14-16-5-3-4-6-19(16)25/h3-8,11-13,29H,9-10,14H2,1-2H3. The molecule has 2 heterocycles. The number of benzene rings is 2. The van der Waals surface area contributed by atoms with E-state index in [1.807, 2.05) is 6.26 Å². The van der Waals surface area contributed by atoms with Gasteiger partial charge in [-0.1, -0.05) is 36.0 Å². The molecule has 0 unspecified atom stereocenters. The molecule has 4 aromatic rings. The Balaban J connectivity index is 1.63. The number of hydrogen-bond acceptors (Lipinski definition) is 7.